The van der Waals surface area contributed by atoms with Crippen molar-refractivity contribution in [2.75, 3.05) is 18.9 Å². The Bertz CT molecular complexity index is 1780. The zero-order valence-corrected chi connectivity index (χ0v) is 23.5. The number of imidazole rings is 2. The van der Waals surface area contributed by atoms with E-state index in [-0.39, 0.29) is 17.0 Å². The van der Waals surface area contributed by atoms with Crippen molar-refractivity contribution in [1.82, 2.24) is 29.1 Å². The number of nitrogens with zero attached hydrogens (tertiary/aromatic N) is 6. The Hall–Kier alpha value is -2.93. The van der Waals surface area contributed by atoms with E-state index in [0.29, 0.717) is 11.0 Å². The van der Waals surface area contributed by atoms with Gasteiger partial charge in [0.2, 0.25) is 0 Å². The molecule has 10 atom stereocenters. The summed E-state index contributed by atoms with van der Waals surface area (Å²) in [6, 6.07) is 6.94. The van der Waals surface area contributed by atoms with Gasteiger partial charge >= 0.3 is 15.6 Å². The van der Waals surface area contributed by atoms with Gasteiger partial charge in [-0.25, -0.2) is 33.5 Å². The highest BCUT2D eigenvalue weighted by Gasteiger charge is 2.54. The lowest BCUT2D eigenvalue weighted by Crippen LogP contribution is -2.38. The Morgan fingerprint density at radius 1 is 0.884 bits per heavy atom. The second-order valence-corrected chi connectivity index (χ2v) is 12.8. The number of para-hydroxylation sites is 2. The predicted molar refractivity (Wildman–Crippen MR) is 139 cm³/mol. The van der Waals surface area contributed by atoms with Crippen LogP contribution in [0.4, 0.5) is 10.2 Å². The lowest BCUT2D eigenvalue weighted by Gasteiger charge is -2.27. The van der Waals surface area contributed by atoms with Crippen LogP contribution in [0, 0.1) is 0 Å². The fraction of sp³-hybridized carbons (Fsp3) is 0.455. The summed E-state index contributed by atoms with van der Waals surface area (Å²) in [5, 5.41) is 11.1. The summed E-state index contributed by atoms with van der Waals surface area (Å²) in [4.78, 5) is 37.3. The van der Waals surface area contributed by atoms with Crippen LogP contribution in [-0.4, -0.2) is 93.9 Å². The monoisotopic (exact) mass is 643 g/mol. The molecule has 230 valence electrons. The molecule has 0 spiro atoms. The van der Waals surface area contributed by atoms with Crippen molar-refractivity contribution in [2.45, 2.75) is 49.1 Å². The van der Waals surface area contributed by atoms with Gasteiger partial charge in [0.1, 0.15) is 42.4 Å². The van der Waals surface area contributed by atoms with E-state index in [0.717, 1.165) is 6.33 Å². The zero-order chi connectivity index (χ0) is 30.1. The van der Waals surface area contributed by atoms with E-state index in [1.165, 1.54) is 21.8 Å². The van der Waals surface area contributed by atoms with Gasteiger partial charge in [-0.1, -0.05) is 12.1 Å². The number of ether oxygens (including phenoxy) is 2. The number of aromatic nitrogens is 6. The number of benzene rings is 1. The summed E-state index contributed by atoms with van der Waals surface area (Å²) in [5.41, 5.74) is 7.19. The van der Waals surface area contributed by atoms with E-state index in [1.54, 1.807) is 24.3 Å². The number of nitrogen functional groups attached to an aromatic ring is 1. The third-order valence-corrected chi connectivity index (χ3v) is 9.28. The van der Waals surface area contributed by atoms with Gasteiger partial charge < -0.3 is 34.7 Å². The molecule has 0 amide bonds. The maximum atomic E-state index is 15.8. The van der Waals surface area contributed by atoms with Crippen molar-refractivity contribution in [3.8, 4) is 0 Å². The number of anilines is 1. The molecule has 4 aromatic rings. The van der Waals surface area contributed by atoms with Gasteiger partial charge in [-0.3, -0.25) is 22.7 Å². The highest BCUT2D eigenvalue weighted by atomic mass is 31.2. The number of hydrogen-bond acceptors (Lipinski definition) is 14. The van der Waals surface area contributed by atoms with Gasteiger partial charge in [0, 0.05) is 0 Å². The van der Waals surface area contributed by atoms with Gasteiger partial charge in [-0.2, -0.15) is 0 Å². The summed E-state index contributed by atoms with van der Waals surface area (Å²) in [7, 11) is -10.0. The van der Waals surface area contributed by atoms with Crippen LogP contribution in [0.5, 0.6) is 0 Å². The molecule has 7 rings (SSSR count). The van der Waals surface area contributed by atoms with Gasteiger partial charge in [-0.15, -0.1) is 0 Å². The minimum absolute atomic E-state index is 0.0216. The number of phosphoric ester groups is 2. The van der Waals surface area contributed by atoms with Crippen LogP contribution in [0.2, 0.25) is 0 Å². The molecule has 3 aromatic heterocycles. The van der Waals surface area contributed by atoms with Crippen LogP contribution < -0.4 is 5.73 Å². The van der Waals surface area contributed by atoms with Crippen molar-refractivity contribution in [3.63, 3.8) is 0 Å². The molecule has 43 heavy (non-hydrogen) atoms. The predicted octanol–water partition coefficient (Wildman–Crippen LogP) is 0.970. The van der Waals surface area contributed by atoms with Crippen LogP contribution in [0.15, 0.2) is 43.2 Å². The molecule has 3 saturated heterocycles. The smallest absolute Gasteiger partial charge is 0.386 e. The molecule has 6 unspecified atom stereocenters. The average molecular weight is 643 g/mol. The van der Waals surface area contributed by atoms with Crippen molar-refractivity contribution >= 4 is 43.7 Å². The normalized spacial score (nSPS) is 38.9. The Labute approximate surface area is 240 Å². The summed E-state index contributed by atoms with van der Waals surface area (Å²) in [6.07, 6.45) is -9.06. The minimum Gasteiger partial charge on any atom is -0.386 e. The van der Waals surface area contributed by atoms with Crippen molar-refractivity contribution in [1.29, 1.82) is 0 Å². The lowest BCUT2D eigenvalue weighted by atomic mass is 10.1. The highest BCUT2D eigenvalue weighted by Crippen LogP contribution is 2.54. The number of aliphatic hydroxyl groups is 1. The first kappa shape index (κ1) is 28.8. The largest absolute Gasteiger partial charge is 0.472 e. The van der Waals surface area contributed by atoms with E-state index >= 15 is 4.39 Å². The summed E-state index contributed by atoms with van der Waals surface area (Å²) >= 11 is 0. The molecule has 1 aromatic carbocycles. The van der Waals surface area contributed by atoms with Crippen molar-refractivity contribution in [3.05, 3.63) is 43.2 Å². The number of aliphatic hydroxyl groups excluding tert-OH is 1. The first-order valence-corrected chi connectivity index (χ1v) is 15.8. The third-order valence-electron chi connectivity index (χ3n) is 7.31. The van der Waals surface area contributed by atoms with E-state index in [4.69, 9.17) is 33.3 Å². The van der Waals surface area contributed by atoms with Gasteiger partial charge in [-0.05, 0) is 12.1 Å². The quantitative estimate of drug-likeness (QED) is 0.223. The van der Waals surface area contributed by atoms with E-state index in [2.05, 4.69) is 19.9 Å². The van der Waals surface area contributed by atoms with Crippen molar-refractivity contribution < 1.29 is 56.0 Å². The van der Waals surface area contributed by atoms with E-state index in [1.807, 2.05) is 0 Å². The van der Waals surface area contributed by atoms with Crippen LogP contribution in [0.3, 0.4) is 0 Å². The van der Waals surface area contributed by atoms with Gasteiger partial charge in [0.05, 0.1) is 36.9 Å². The molecule has 6 heterocycles. The van der Waals surface area contributed by atoms with Gasteiger partial charge in [0.15, 0.2) is 30.1 Å². The second kappa shape index (κ2) is 10.6. The number of rotatable bonds is 2. The molecule has 5 N–H and O–H groups in total. The Morgan fingerprint density at radius 3 is 2.30 bits per heavy atom. The third kappa shape index (κ3) is 5.15. The SMILES string of the molecule is Nc1ncnc2c1ncn2[C@@H]1O[C@@H]2COP(=O)(O)OC3C(O)[C@H](n4cnc5ccccc54)O[C@@H]3COP(=O)(O)OC2C1F. The lowest BCUT2D eigenvalue weighted by molar-refractivity contribution is -0.0662. The number of alkyl halides is 1. The molecule has 3 aliphatic rings. The molecule has 18 nitrogen and oxygen atoms in total. The molecular formula is C22H24FN7O11P2. The zero-order valence-electron chi connectivity index (χ0n) is 21.7. The molecule has 0 saturated carbocycles. The summed E-state index contributed by atoms with van der Waals surface area (Å²) in [6.45, 7) is -1.59. The number of halogens is 1. The summed E-state index contributed by atoms with van der Waals surface area (Å²) in [5.74, 6) is 0.0216. The first-order valence-electron chi connectivity index (χ1n) is 12.8. The maximum Gasteiger partial charge on any atom is 0.472 e. The van der Waals surface area contributed by atoms with Gasteiger partial charge in [0.25, 0.3) is 0 Å². The minimum atomic E-state index is -5.04. The standard InChI is InChI=1S/C22H24FN7O11P2/c23-14-17-12(38-21(14)30-9-28-15-19(24)25-7-26-20(15)30)5-36-43(34,35)41-18-13(6-37-42(32,33)40-17)39-22(16(18)31)29-8-27-10-3-1-2-4-11(10)29/h1-4,7-9,12-14,16-18,21-22,31H,5-6H2,(H,32,33)(H,34,35)(H2,24,25,26)/t12-,13-,14?,16?,17?,18?,21-,22-/m1/s1. The van der Waals surface area contributed by atoms with Crippen LogP contribution in [-0.2, 0) is 36.7 Å². The number of hydrogen-bond donors (Lipinski definition) is 4. The molecule has 0 bridgehead atoms. The van der Waals surface area contributed by atoms with Crippen LogP contribution in [0.25, 0.3) is 22.2 Å². The van der Waals surface area contributed by atoms with Crippen LogP contribution in [0.1, 0.15) is 12.5 Å². The average Bonchev–Trinajstić information content (AvgIpc) is 3.72. The van der Waals surface area contributed by atoms with Crippen LogP contribution >= 0.6 is 15.6 Å². The van der Waals surface area contributed by atoms with E-state index in [9.17, 15) is 24.0 Å². The number of nitrogens with two attached hydrogens (primary N) is 1. The fourth-order valence-electron chi connectivity index (χ4n) is 5.33. The molecule has 21 heteroatoms. The molecule has 0 aliphatic carbocycles. The Balaban J connectivity index is 1.16. The number of fused-ring (bicyclic) bond motifs is 4. The number of phosphoric acid groups is 2. The first-order chi connectivity index (χ1) is 20.5. The van der Waals surface area contributed by atoms with Crippen molar-refractivity contribution in [2.24, 2.45) is 0 Å². The fourth-order valence-corrected chi connectivity index (χ4v) is 7.25. The van der Waals surface area contributed by atoms with E-state index < -0.39 is 78.0 Å². The molecule has 0 radical (unpaired) electrons. The Kier molecular flexibility index (Phi) is 7.11. The topological polar surface area (TPSA) is 238 Å². The second-order valence-electron chi connectivity index (χ2n) is 9.96. The Morgan fingerprint density at radius 2 is 1.53 bits per heavy atom. The highest BCUT2D eigenvalue weighted by molar-refractivity contribution is 7.47. The summed E-state index contributed by atoms with van der Waals surface area (Å²) < 4.78 is 76.8. The molecule has 3 fully saturated rings. The molecule has 3 aliphatic heterocycles. The molecular weight excluding hydrogens is 619 g/mol. The maximum absolute atomic E-state index is 15.8.